The minimum atomic E-state index is 0.183. The smallest absolute Gasteiger partial charge is 0.181 e. The average Bonchev–Trinajstić information content (AvgIpc) is 3.52. The molecule has 2 aliphatic rings. The van der Waals surface area contributed by atoms with Crippen molar-refractivity contribution in [3.8, 4) is 28.4 Å². The Hall–Kier alpha value is -3.45. The van der Waals surface area contributed by atoms with Crippen LogP contribution in [0.25, 0.3) is 33.5 Å². The van der Waals surface area contributed by atoms with Gasteiger partial charge in [0.25, 0.3) is 0 Å². The van der Waals surface area contributed by atoms with Crippen LogP contribution in [0, 0.1) is 0 Å². The predicted molar refractivity (Wildman–Crippen MR) is 111 cm³/mol. The number of aromatic nitrogens is 5. The third kappa shape index (κ3) is 2.82. The van der Waals surface area contributed by atoms with Gasteiger partial charge in [0.2, 0.25) is 0 Å². The first-order valence-corrected chi connectivity index (χ1v) is 9.90. The summed E-state index contributed by atoms with van der Waals surface area (Å²) in [6.45, 7) is 1.61. The molecule has 4 heterocycles. The lowest BCUT2D eigenvalue weighted by Gasteiger charge is -2.16. The van der Waals surface area contributed by atoms with Crippen LogP contribution >= 0.6 is 0 Å². The topological polar surface area (TPSA) is 91.5 Å². The SMILES string of the molecule is C1=CC[C@H](c2nc(-c3ccc4[nH]nc(-c5ccc6c(c5)CCO6)c4c3)n[nH]2)NC1. The highest BCUT2D eigenvalue weighted by molar-refractivity contribution is 5.95. The second-order valence-corrected chi connectivity index (χ2v) is 7.47. The first-order valence-electron chi connectivity index (χ1n) is 9.90. The summed E-state index contributed by atoms with van der Waals surface area (Å²) in [5.74, 6) is 2.55. The van der Waals surface area contributed by atoms with Gasteiger partial charge in [-0.3, -0.25) is 10.2 Å². The van der Waals surface area contributed by atoms with E-state index in [9.17, 15) is 0 Å². The molecule has 2 aliphatic heterocycles. The average molecular weight is 384 g/mol. The molecule has 7 nitrogen and oxygen atoms in total. The van der Waals surface area contributed by atoms with Gasteiger partial charge in [-0.05, 0) is 48.4 Å². The molecule has 7 heteroatoms. The molecule has 0 unspecified atom stereocenters. The van der Waals surface area contributed by atoms with E-state index in [-0.39, 0.29) is 6.04 Å². The summed E-state index contributed by atoms with van der Waals surface area (Å²) >= 11 is 0. The summed E-state index contributed by atoms with van der Waals surface area (Å²) in [5.41, 5.74) is 5.23. The Morgan fingerprint density at radius 1 is 0.966 bits per heavy atom. The monoisotopic (exact) mass is 384 g/mol. The Labute approximate surface area is 167 Å². The molecule has 0 saturated carbocycles. The van der Waals surface area contributed by atoms with Gasteiger partial charge in [0.15, 0.2) is 5.82 Å². The van der Waals surface area contributed by atoms with E-state index in [0.29, 0.717) is 5.82 Å². The molecule has 0 bridgehead atoms. The van der Waals surface area contributed by atoms with Crippen molar-refractivity contribution in [1.29, 1.82) is 0 Å². The zero-order valence-corrected chi connectivity index (χ0v) is 15.8. The van der Waals surface area contributed by atoms with Gasteiger partial charge >= 0.3 is 0 Å². The maximum atomic E-state index is 5.63. The van der Waals surface area contributed by atoms with Crippen LogP contribution in [0.3, 0.4) is 0 Å². The first kappa shape index (κ1) is 16.5. The molecule has 0 saturated heterocycles. The second kappa shape index (κ2) is 6.56. The molecule has 0 fully saturated rings. The van der Waals surface area contributed by atoms with Crippen LogP contribution in [0.1, 0.15) is 23.9 Å². The second-order valence-electron chi connectivity index (χ2n) is 7.47. The third-order valence-corrected chi connectivity index (χ3v) is 5.64. The standard InChI is InChI=1S/C22H20N6O/c1-2-9-23-18(3-1)22-24-21(27-28-22)15-4-6-17-16(12-15)20(26-25-17)14-5-7-19-13(11-14)8-10-29-19/h1-2,4-7,11-12,18,23H,3,8-10H2,(H,25,26)(H,24,27,28)/t18-/m1/s1. The van der Waals surface area contributed by atoms with Crippen LogP contribution < -0.4 is 10.1 Å². The van der Waals surface area contributed by atoms with Gasteiger partial charge in [0, 0.05) is 29.5 Å². The van der Waals surface area contributed by atoms with Crippen molar-refractivity contribution in [3.05, 3.63) is 59.9 Å². The summed E-state index contributed by atoms with van der Waals surface area (Å²) in [6, 6.07) is 12.6. The summed E-state index contributed by atoms with van der Waals surface area (Å²) in [7, 11) is 0. The predicted octanol–water partition coefficient (Wildman–Crippen LogP) is 3.54. The van der Waals surface area contributed by atoms with Crippen LogP contribution in [0.4, 0.5) is 0 Å². The van der Waals surface area contributed by atoms with Crippen LogP contribution in [0.15, 0.2) is 48.6 Å². The maximum Gasteiger partial charge on any atom is 0.181 e. The van der Waals surface area contributed by atoms with E-state index < -0.39 is 0 Å². The van der Waals surface area contributed by atoms with Gasteiger partial charge in [0.05, 0.1) is 23.9 Å². The van der Waals surface area contributed by atoms with Gasteiger partial charge in [-0.25, -0.2) is 4.98 Å². The Morgan fingerprint density at radius 2 is 1.93 bits per heavy atom. The molecule has 4 aromatic rings. The fraction of sp³-hybridized carbons (Fsp3) is 0.227. The Bertz CT molecular complexity index is 1240. The highest BCUT2D eigenvalue weighted by Gasteiger charge is 2.18. The fourth-order valence-electron chi connectivity index (χ4n) is 4.08. The van der Waals surface area contributed by atoms with E-state index >= 15 is 0 Å². The van der Waals surface area contributed by atoms with E-state index in [4.69, 9.17) is 9.72 Å². The van der Waals surface area contributed by atoms with E-state index in [2.05, 4.69) is 56.1 Å². The van der Waals surface area contributed by atoms with Crippen molar-refractivity contribution in [2.24, 2.45) is 0 Å². The summed E-state index contributed by atoms with van der Waals surface area (Å²) in [6.07, 6.45) is 6.17. The number of benzene rings is 2. The Morgan fingerprint density at radius 3 is 2.86 bits per heavy atom. The maximum absolute atomic E-state index is 5.63. The number of rotatable bonds is 3. The molecule has 2 aromatic carbocycles. The van der Waals surface area contributed by atoms with Crippen LogP contribution in [0.5, 0.6) is 5.75 Å². The van der Waals surface area contributed by atoms with Crippen LogP contribution in [-0.2, 0) is 6.42 Å². The summed E-state index contributed by atoms with van der Waals surface area (Å²) in [5, 5.41) is 19.8. The molecule has 0 radical (unpaired) electrons. The van der Waals surface area contributed by atoms with E-state index in [1.54, 1.807) is 0 Å². The van der Waals surface area contributed by atoms with Crippen molar-refractivity contribution >= 4 is 10.9 Å². The molecule has 0 spiro atoms. The highest BCUT2D eigenvalue weighted by Crippen LogP contribution is 2.34. The molecular formula is C22H20N6O. The molecule has 2 aromatic heterocycles. The number of ether oxygens (including phenoxy) is 1. The molecule has 29 heavy (non-hydrogen) atoms. The quantitative estimate of drug-likeness (QED) is 0.470. The number of fused-ring (bicyclic) bond motifs is 2. The number of hydrogen-bond donors (Lipinski definition) is 3. The number of hydrogen-bond acceptors (Lipinski definition) is 5. The van der Waals surface area contributed by atoms with Crippen LogP contribution in [-0.4, -0.2) is 38.5 Å². The zero-order valence-electron chi connectivity index (χ0n) is 15.8. The van der Waals surface area contributed by atoms with E-state index in [1.165, 1.54) is 5.56 Å². The number of H-pyrrole nitrogens is 2. The van der Waals surface area contributed by atoms with Crippen molar-refractivity contribution < 1.29 is 4.74 Å². The van der Waals surface area contributed by atoms with Gasteiger partial charge in [-0.1, -0.05) is 12.2 Å². The Kier molecular flexibility index (Phi) is 3.73. The molecule has 1 atom stereocenters. The lowest BCUT2D eigenvalue weighted by Crippen LogP contribution is -2.24. The molecular weight excluding hydrogens is 364 g/mol. The van der Waals surface area contributed by atoms with Crippen LogP contribution in [0.2, 0.25) is 0 Å². The minimum absolute atomic E-state index is 0.183. The molecule has 6 rings (SSSR count). The highest BCUT2D eigenvalue weighted by atomic mass is 16.5. The van der Waals surface area contributed by atoms with Crippen molar-refractivity contribution in [3.63, 3.8) is 0 Å². The minimum Gasteiger partial charge on any atom is -0.493 e. The van der Waals surface area contributed by atoms with E-state index in [0.717, 1.165) is 65.3 Å². The zero-order chi connectivity index (χ0) is 19.2. The molecule has 0 aliphatic carbocycles. The van der Waals surface area contributed by atoms with Gasteiger partial charge in [0.1, 0.15) is 11.6 Å². The molecule has 0 amide bonds. The van der Waals surface area contributed by atoms with Crippen molar-refractivity contribution in [1.82, 2.24) is 30.7 Å². The van der Waals surface area contributed by atoms with Gasteiger partial charge < -0.3 is 10.1 Å². The third-order valence-electron chi connectivity index (χ3n) is 5.64. The summed E-state index contributed by atoms with van der Waals surface area (Å²) < 4.78 is 5.63. The first-order chi connectivity index (χ1) is 14.3. The largest absolute Gasteiger partial charge is 0.493 e. The lowest BCUT2D eigenvalue weighted by atomic mass is 10.0. The van der Waals surface area contributed by atoms with Crippen molar-refractivity contribution in [2.75, 3.05) is 13.2 Å². The molecule has 3 N–H and O–H groups in total. The van der Waals surface area contributed by atoms with Gasteiger partial charge in [-0.2, -0.15) is 10.2 Å². The summed E-state index contributed by atoms with van der Waals surface area (Å²) in [4.78, 5) is 4.73. The number of nitrogens with zero attached hydrogens (tertiary/aromatic N) is 3. The fourth-order valence-corrected chi connectivity index (χ4v) is 4.08. The number of aromatic amines is 2. The molecule has 144 valence electrons. The Balaban J connectivity index is 1.38. The normalized spacial score (nSPS) is 18.1. The van der Waals surface area contributed by atoms with Gasteiger partial charge in [-0.15, -0.1) is 0 Å². The van der Waals surface area contributed by atoms with E-state index in [1.807, 2.05) is 18.2 Å². The lowest BCUT2D eigenvalue weighted by molar-refractivity contribution is 0.357. The number of nitrogens with one attached hydrogen (secondary N) is 3. The van der Waals surface area contributed by atoms with Crippen molar-refractivity contribution in [2.45, 2.75) is 18.9 Å².